The quantitative estimate of drug-likeness (QED) is 0.884. The molecule has 1 saturated heterocycles. The second-order valence-electron chi connectivity index (χ2n) is 6.11. The van der Waals surface area contributed by atoms with Crippen molar-refractivity contribution in [2.75, 3.05) is 19.6 Å². The summed E-state index contributed by atoms with van der Waals surface area (Å²) in [6, 6.07) is 9.50. The third-order valence-electron chi connectivity index (χ3n) is 4.79. The van der Waals surface area contributed by atoms with Gasteiger partial charge in [-0.2, -0.15) is 0 Å². The van der Waals surface area contributed by atoms with Crippen molar-refractivity contribution in [3.63, 3.8) is 0 Å². The molecule has 3 unspecified atom stereocenters. The summed E-state index contributed by atoms with van der Waals surface area (Å²) in [4.78, 5) is 2.64. The Morgan fingerprint density at radius 3 is 2.94 bits per heavy atom. The molecule has 1 aromatic carbocycles. The zero-order valence-corrected chi connectivity index (χ0v) is 11.3. The van der Waals surface area contributed by atoms with Gasteiger partial charge in [-0.25, -0.2) is 0 Å². The highest BCUT2D eigenvalue weighted by Gasteiger charge is 2.31. The van der Waals surface area contributed by atoms with Gasteiger partial charge in [-0.05, 0) is 42.9 Å². The van der Waals surface area contributed by atoms with Crippen LogP contribution in [0, 0.1) is 5.92 Å². The van der Waals surface area contributed by atoms with Gasteiger partial charge in [0.1, 0.15) is 0 Å². The highest BCUT2D eigenvalue weighted by Crippen LogP contribution is 2.36. The maximum absolute atomic E-state index is 5.94. The first-order chi connectivity index (χ1) is 8.78. The van der Waals surface area contributed by atoms with Crippen molar-refractivity contribution in [2.45, 2.75) is 38.1 Å². The molecule has 1 fully saturated rings. The topological polar surface area (TPSA) is 29.3 Å². The van der Waals surface area contributed by atoms with Gasteiger partial charge in [-0.1, -0.05) is 31.2 Å². The standard InChI is InChI=1S/C16H24N2/c1-12-6-7-18(15(8-12)10-17)11-14-9-13-4-2-3-5-16(13)14/h2-5,12,14-15H,6-11,17H2,1H3. The molecule has 2 aliphatic rings. The maximum atomic E-state index is 5.94. The van der Waals surface area contributed by atoms with E-state index in [4.69, 9.17) is 5.73 Å². The zero-order chi connectivity index (χ0) is 12.5. The van der Waals surface area contributed by atoms with Crippen LogP contribution in [0.3, 0.4) is 0 Å². The number of nitrogens with zero attached hydrogens (tertiary/aromatic N) is 1. The van der Waals surface area contributed by atoms with Crippen molar-refractivity contribution in [1.29, 1.82) is 0 Å². The van der Waals surface area contributed by atoms with Crippen molar-refractivity contribution < 1.29 is 0 Å². The average Bonchev–Trinajstić information content (AvgIpc) is 2.37. The first-order valence-electron chi connectivity index (χ1n) is 7.30. The SMILES string of the molecule is CC1CCN(CC2Cc3ccccc32)C(CN)C1. The van der Waals surface area contributed by atoms with E-state index in [1.807, 2.05) is 0 Å². The number of hydrogen-bond donors (Lipinski definition) is 1. The van der Waals surface area contributed by atoms with E-state index in [-0.39, 0.29) is 0 Å². The molecule has 3 rings (SSSR count). The minimum Gasteiger partial charge on any atom is -0.329 e. The van der Waals surface area contributed by atoms with Crippen LogP contribution in [-0.4, -0.2) is 30.6 Å². The molecule has 2 N–H and O–H groups in total. The van der Waals surface area contributed by atoms with Crippen LogP contribution in [0.15, 0.2) is 24.3 Å². The fourth-order valence-corrected chi connectivity index (χ4v) is 3.59. The normalized spacial score (nSPS) is 31.8. The predicted molar refractivity (Wildman–Crippen MR) is 75.7 cm³/mol. The fourth-order valence-electron chi connectivity index (χ4n) is 3.59. The van der Waals surface area contributed by atoms with Gasteiger partial charge in [0.05, 0.1) is 0 Å². The van der Waals surface area contributed by atoms with Crippen LogP contribution < -0.4 is 5.73 Å². The van der Waals surface area contributed by atoms with Crippen molar-refractivity contribution in [3.05, 3.63) is 35.4 Å². The summed E-state index contributed by atoms with van der Waals surface area (Å²) in [7, 11) is 0. The molecule has 0 radical (unpaired) electrons. The number of fused-ring (bicyclic) bond motifs is 1. The van der Waals surface area contributed by atoms with Crippen LogP contribution in [0.2, 0.25) is 0 Å². The molecule has 3 atom stereocenters. The smallest absolute Gasteiger partial charge is 0.0221 e. The van der Waals surface area contributed by atoms with Gasteiger partial charge in [0.25, 0.3) is 0 Å². The van der Waals surface area contributed by atoms with E-state index in [0.29, 0.717) is 6.04 Å². The zero-order valence-electron chi connectivity index (χ0n) is 11.3. The maximum Gasteiger partial charge on any atom is 0.0221 e. The molecule has 1 heterocycles. The summed E-state index contributed by atoms with van der Waals surface area (Å²) >= 11 is 0. The van der Waals surface area contributed by atoms with Crippen LogP contribution in [-0.2, 0) is 6.42 Å². The average molecular weight is 244 g/mol. The lowest BCUT2D eigenvalue weighted by Gasteiger charge is -2.42. The van der Waals surface area contributed by atoms with Crippen LogP contribution in [0.5, 0.6) is 0 Å². The first-order valence-corrected chi connectivity index (χ1v) is 7.30. The third kappa shape index (κ3) is 2.19. The molecule has 1 aliphatic carbocycles. The molecule has 0 bridgehead atoms. The van der Waals surface area contributed by atoms with E-state index in [1.54, 1.807) is 11.1 Å². The van der Waals surface area contributed by atoms with Gasteiger partial charge in [0, 0.05) is 25.0 Å². The molecular weight excluding hydrogens is 220 g/mol. The monoisotopic (exact) mass is 244 g/mol. The number of rotatable bonds is 3. The van der Waals surface area contributed by atoms with E-state index in [1.165, 1.54) is 32.4 Å². The van der Waals surface area contributed by atoms with Gasteiger partial charge < -0.3 is 5.73 Å². The number of likely N-dealkylation sites (tertiary alicyclic amines) is 1. The summed E-state index contributed by atoms with van der Waals surface area (Å²) in [5.41, 5.74) is 9.07. The Labute approximate surface area is 110 Å². The molecule has 1 aromatic rings. The lowest BCUT2D eigenvalue weighted by molar-refractivity contribution is 0.112. The number of nitrogens with two attached hydrogens (primary N) is 1. The number of hydrogen-bond acceptors (Lipinski definition) is 2. The largest absolute Gasteiger partial charge is 0.329 e. The van der Waals surface area contributed by atoms with E-state index >= 15 is 0 Å². The Kier molecular flexibility index (Phi) is 3.40. The molecule has 0 amide bonds. The highest BCUT2D eigenvalue weighted by molar-refractivity contribution is 5.40. The summed E-state index contributed by atoms with van der Waals surface area (Å²) < 4.78 is 0. The van der Waals surface area contributed by atoms with Crippen LogP contribution in [0.25, 0.3) is 0 Å². The van der Waals surface area contributed by atoms with Gasteiger partial charge >= 0.3 is 0 Å². The molecule has 2 nitrogen and oxygen atoms in total. The van der Waals surface area contributed by atoms with Gasteiger partial charge in [-0.3, -0.25) is 4.90 Å². The van der Waals surface area contributed by atoms with Crippen molar-refractivity contribution in [2.24, 2.45) is 11.7 Å². The molecule has 98 valence electrons. The first kappa shape index (κ1) is 12.2. The summed E-state index contributed by atoms with van der Waals surface area (Å²) in [5.74, 6) is 1.60. The minimum absolute atomic E-state index is 0.613. The van der Waals surface area contributed by atoms with Crippen LogP contribution in [0.4, 0.5) is 0 Å². The van der Waals surface area contributed by atoms with E-state index < -0.39 is 0 Å². The molecular formula is C16H24N2. The lowest BCUT2D eigenvalue weighted by Crippen LogP contribution is -2.48. The Hall–Kier alpha value is -0.860. The summed E-state index contributed by atoms with van der Waals surface area (Å²) in [6.07, 6.45) is 3.88. The molecule has 1 aliphatic heterocycles. The van der Waals surface area contributed by atoms with Gasteiger partial charge in [0.2, 0.25) is 0 Å². The second kappa shape index (κ2) is 5.02. The van der Waals surface area contributed by atoms with Crippen molar-refractivity contribution in [3.8, 4) is 0 Å². The third-order valence-corrected chi connectivity index (χ3v) is 4.79. The molecule has 0 saturated carbocycles. The fraction of sp³-hybridized carbons (Fsp3) is 0.625. The molecule has 18 heavy (non-hydrogen) atoms. The predicted octanol–water partition coefficient (Wildman–Crippen LogP) is 2.39. The lowest BCUT2D eigenvalue weighted by atomic mass is 9.76. The Balaban J connectivity index is 1.64. The number of benzene rings is 1. The second-order valence-corrected chi connectivity index (χ2v) is 6.11. The Bertz CT molecular complexity index is 415. The van der Waals surface area contributed by atoms with Crippen molar-refractivity contribution in [1.82, 2.24) is 4.90 Å². The molecule has 0 aromatic heterocycles. The Morgan fingerprint density at radius 2 is 2.17 bits per heavy atom. The van der Waals surface area contributed by atoms with Gasteiger partial charge in [-0.15, -0.1) is 0 Å². The Morgan fingerprint density at radius 1 is 1.33 bits per heavy atom. The molecule has 0 spiro atoms. The summed E-state index contributed by atoms with van der Waals surface area (Å²) in [5, 5.41) is 0. The van der Waals surface area contributed by atoms with Crippen LogP contribution >= 0.6 is 0 Å². The van der Waals surface area contributed by atoms with E-state index in [2.05, 4.69) is 36.1 Å². The summed E-state index contributed by atoms with van der Waals surface area (Å²) in [6.45, 7) is 5.63. The minimum atomic E-state index is 0.613. The van der Waals surface area contributed by atoms with Gasteiger partial charge in [0.15, 0.2) is 0 Å². The number of piperidine rings is 1. The van der Waals surface area contributed by atoms with E-state index in [0.717, 1.165) is 18.4 Å². The highest BCUT2D eigenvalue weighted by atomic mass is 15.2. The van der Waals surface area contributed by atoms with E-state index in [9.17, 15) is 0 Å². The van der Waals surface area contributed by atoms with Crippen molar-refractivity contribution >= 4 is 0 Å². The van der Waals surface area contributed by atoms with Crippen LogP contribution in [0.1, 0.15) is 36.8 Å². The molecule has 2 heteroatoms.